The van der Waals surface area contributed by atoms with E-state index in [0.29, 0.717) is 0 Å². The second-order valence-corrected chi connectivity index (χ2v) is 2.76. The maximum atomic E-state index is 4.17. The fourth-order valence-electron chi connectivity index (χ4n) is 1.16. The van der Waals surface area contributed by atoms with Crippen molar-refractivity contribution in [3.8, 4) is 11.4 Å². The SMILES string of the molecule is Cc1cnccc1-c1ncccn1. The molecule has 2 aromatic rings. The lowest BCUT2D eigenvalue weighted by atomic mass is 10.1. The lowest BCUT2D eigenvalue weighted by Gasteiger charge is -2.01. The van der Waals surface area contributed by atoms with Crippen molar-refractivity contribution in [2.75, 3.05) is 0 Å². The second-order valence-electron chi connectivity index (χ2n) is 2.76. The fraction of sp³-hybridized carbons (Fsp3) is 0.100. The molecule has 0 saturated heterocycles. The first-order valence-corrected chi connectivity index (χ1v) is 4.06. The molecule has 0 atom stereocenters. The van der Waals surface area contributed by atoms with Crippen molar-refractivity contribution in [2.24, 2.45) is 0 Å². The average molecular weight is 171 g/mol. The minimum atomic E-state index is 0.752. The highest BCUT2D eigenvalue weighted by molar-refractivity contribution is 5.57. The van der Waals surface area contributed by atoms with E-state index < -0.39 is 0 Å². The zero-order valence-electron chi connectivity index (χ0n) is 7.31. The van der Waals surface area contributed by atoms with Gasteiger partial charge in [-0.15, -0.1) is 0 Å². The Morgan fingerprint density at radius 3 is 2.54 bits per heavy atom. The number of nitrogens with zero attached hydrogens (tertiary/aromatic N) is 3. The Bertz CT molecular complexity index is 398. The summed E-state index contributed by atoms with van der Waals surface area (Å²) >= 11 is 0. The Kier molecular flexibility index (Phi) is 2.00. The Labute approximate surface area is 76.5 Å². The van der Waals surface area contributed by atoms with Crippen LogP contribution in [0.1, 0.15) is 5.56 Å². The van der Waals surface area contributed by atoms with Gasteiger partial charge in [0.15, 0.2) is 5.82 Å². The molecule has 3 heteroatoms. The van der Waals surface area contributed by atoms with E-state index >= 15 is 0 Å². The first-order valence-electron chi connectivity index (χ1n) is 4.06. The number of aromatic nitrogens is 3. The maximum absolute atomic E-state index is 4.17. The zero-order valence-corrected chi connectivity index (χ0v) is 7.31. The summed E-state index contributed by atoms with van der Waals surface area (Å²) in [5.41, 5.74) is 2.13. The monoisotopic (exact) mass is 171 g/mol. The predicted octanol–water partition coefficient (Wildman–Crippen LogP) is 1.85. The summed E-state index contributed by atoms with van der Waals surface area (Å²) in [6.07, 6.45) is 7.04. The van der Waals surface area contributed by atoms with Crippen LogP contribution in [0.2, 0.25) is 0 Å². The van der Waals surface area contributed by atoms with Gasteiger partial charge in [-0.25, -0.2) is 9.97 Å². The number of hydrogen-bond acceptors (Lipinski definition) is 3. The number of rotatable bonds is 1. The summed E-state index contributed by atoms with van der Waals surface area (Å²) in [7, 11) is 0. The largest absolute Gasteiger partial charge is 0.264 e. The Morgan fingerprint density at radius 2 is 1.85 bits per heavy atom. The molecule has 0 aliphatic heterocycles. The van der Waals surface area contributed by atoms with Gasteiger partial charge in [0.25, 0.3) is 0 Å². The van der Waals surface area contributed by atoms with Crippen molar-refractivity contribution in [1.29, 1.82) is 0 Å². The van der Waals surface area contributed by atoms with E-state index in [9.17, 15) is 0 Å². The van der Waals surface area contributed by atoms with Gasteiger partial charge in [-0.2, -0.15) is 0 Å². The third-order valence-electron chi connectivity index (χ3n) is 1.83. The normalized spacial score (nSPS) is 9.92. The van der Waals surface area contributed by atoms with Crippen LogP contribution in [0.5, 0.6) is 0 Å². The van der Waals surface area contributed by atoms with Crippen LogP contribution < -0.4 is 0 Å². The van der Waals surface area contributed by atoms with E-state index in [-0.39, 0.29) is 0 Å². The molecular formula is C10H9N3. The molecule has 0 amide bonds. The van der Waals surface area contributed by atoms with Gasteiger partial charge < -0.3 is 0 Å². The quantitative estimate of drug-likeness (QED) is 0.657. The van der Waals surface area contributed by atoms with Gasteiger partial charge >= 0.3 is 0 Å². The Morgan fingerprint density at radius 1 is 1.08 bits per heavy atom. The van der Waals surface area contributed by atoms with Crippen LogP contribution in [0.15, 0.2) is 36.9 Å². The highest BCUT2D eigenvalue weighted by Gasteiger charge is 2.01. The van der Waals surface area contributed by atoms with Crippen molar-refractivity contribution >= 4 is 0 Å². The molecule has 0 unspecified atom stereocenters. The van der Waals surface area contributed by atoms with Crippen molar-refractivity contribution in [2.45, 2.75) is 6.92 Å². The number of aryl methyl sites for hydroxylation is 1. The molecule has 2 aromatic heterocycles. The summed E-state index contributed by atoms with van der Waals surface area (Å²) in [6.45, 7) is 2.00. The Hall–Kier alpha value is -1.77. The average Bonchev–Trinajstić information content (AvgIpc) is 2.20. The minimum Gasteiger partial charge on any atom is -0.264 e. The minimum absolute atomic E-state index is 0.752. The van der Waals surface area contributed by atoms with Gasteiger partial charge in [0.1, 0.15) is 0 Å². The van der Waals surface area contributed by atoms with E-state index in [4.69, 9.17) is 0 Å². The summed E-state index contributed by atoms with van der Waals surface area (Å²) in [4.78, 5) is 12.4. The number of pyridine rings is 1. The molecule has 64 valence electrons. The van der Waals surface area contributed by atoms with Crippen LogP contribution in [-0.2, 0) is 0 Å². The van der Waals surface area contributed by atoms with Gasteiger partial charge in [-0.05, 0) is 24.6 Å². The number of hydrogen-bond donors (Lipinski definition) is 0. The zero-order chi connectivity index (χ0) is 9.10. The third-order valence-corrected chi connectivity index (χ3v) is 1.83. The van der Waals surface area contributed by atoms with Crippen LogP contribution in [0, 0.1) is 6.92 Å². The van der Waals surface area contributed by atoms with Gasteiger partial charge in [0.2, 0.25) is 0 Å². The van der Waals surface area contributed by atoms with Crippen molar-refractivity contribution < 1.29 is 0 Å². The van der Waals surface area contributed by atoms with Crippen LogP contribution in [-0.4, -0.2) is 15.0 Å². The van der Waals surface area contributed by atoms with Gasteiger partial charge in [0, 0.05) is 30.4 Å². The lowest BCUT2D eigenvalue weighted by molar-refractivity contribution is 1.15. The van der Waals surface area contributed by atoms with Crippen LogP contribution in [0.4, 0.5) is 0 Å². The third kappa shape index (κ3) is 1.54. The molecule has 0 radical (unpaired) electrons. The van der Waals surface area contributed by atoms with Crippen LogP contribution in [0.3, 0.4) is 0 Å². The van der Waals surface area contributed by atoms with Gasteiger partial charge in [0.05, 0.1) is 0 Å². The van der Waals surface area contributed by atoms with E-state index in [0.717, 1.165) is 17.0 Å². The molecule has 0 aromatic carbocycles. The highest BCUT2D eigenvalue weighted by atomic mass is 14.9. The molecule has 0 fully saturated rings. The van der Waals surface area contributed by atoms with Gasteiger partial charge in [-0.3, -0.25) is 4.98 Å². The van der Waals surface area contributed by atoms with E-state index in [2.05, 4.69) is 15.0 Å². The summed E-state index contributed by atoms with van der Waals surface area (Å²) in [5.74, 6) is 0.752. The molecule has 0 bridgehead atoms. The molecule has 0 aliphatic carbocycles. The van der Waals surface area contributed by atoms with Gasteiger partial charge in [-0.1, -0.05) is 0 Å². The molecule has 2 heterocycles. The Balaban J connectivity index is 2.54. The molecule has 13 heavy (non-hydrogen) atoms. The summed E-state index contributed by atoms with van der Waals surface area (Å²) in [6, 6.07) is 3.73. The molecule has 0 spiro atoms. The predicted molar refractivity (Wildman–Crippen MR) is 50.0 cm³/mol. The van der Waals surface area contributed by atoms with Crippen molar-refractivity contribution in [3.63, 3.8) is 0 Å². The molecule has 0 aliphatic rings. The maximum Gasteiger partial charge on any atom is 0.159 e. The van der Waals surface area contributed by atoms with Crippen LogP contribution in [0.25, 0.3) is 11.4 Å². The fourth-order valence-corrected chi connectivity index (χ4v) is 1.16. The molecule has 0 N–H and O–H groups in total. The van der Waals surface area contributed by atoms with Crippen LogP contribution >= 0.6 is 0 Å². The molecular weight excluding hydrogens is 162 g/mol. The first kappa shape index (κ1) is 7.86. The van der Waals surface area contributed by atoms with Crippen molar-refractivity contribution in [1.82, 2.24) is 15.0 Å². The van der Waals surface area contributed by atoms with E-state index in [1.165, 1.54) is 0 Å². The highest BCUT2D eigenvalue weighted by Crippen LogP contribution is 2.16. The second kappa shape index (κ2) is 3.31. The first-order chi connectivity index (χ1) is 6.38. The topological polar surface area (TPSA) is 38.7 Å². The van der Waals surface area contributed by atoms with E-state index in [1.807, 2.05) is 19.2 Å². The van der Waals surface area contributed by atoms with Crippen molar-refractivity contribution in [3.05, 3.63) is 42.5 Å². The molecule has 0 saturated carbocycles. The smallest absolute Gasteiger partial charge is 0.159 e. The summed E-state index contributed by atoms with van der Waals surface area (Å²) < 4.78 is 0. The standard InChI is InChI=1S/C10H9N3/c1-8-7-11-6-3-9(8)10-12-4-2-5-13-10/h2-7H,1H3. The summed E-state index contributed by atoms with van der Waals surface area (Å²) in [5, 5.41) is 0. The molecule has 3 nitrogen and oxygen atoms in total. The van der Waals surface area contributed by atoms with E-state index in [1.54, 1.807) is 24.7 Å². The lowest BCUT2D eigenvalue weighted by Crippen LogP contribution is -1.90. The molecule has 2 rings (SSSR count).